The summed E-state index contributed by atoms with van der Waals surface area (Å²) in [5, 5.41) is 0.520. The standard InChI is InChI=1S/C28H27NO6/c1-17-26(19-7-5-6-8-22(19)31-2)27(30)20-10-12-23-21(28(20)35-17)15-29(16-34-23)14-18-9-11-24(32-3)25(13-18)33-4/h5-13H,14-16H2,1-4H3. The Morgan fingerprint density at radius 1 is 0.914 bits per heavy atom. The number of para-hydroxylation sites is 1. The van der Waals surface area contributed by atoms with Gasteiger partial charge in [0.05, 0.1) is 37.8 Å². The number of methoxy groups -OCH3 is 3. The Labute approximate surface area is 203 Å². The molecular formula is C28H27NO6. The number of benzene rings is 3. The largest absolute Gasteiger partial charge is 0.496 e. The average Bonchev–Trinajstić information content (AvgIpc) is 2.88. The van der Waals surface area contributed by atoms with Crippen molar-refractivity contribution in [2.45, 2.75) is 20.0 Å². The van der Waals surface area contributed by atoms with Gasteiger partial charge in [-0.2, -0.15) is 0 Å². The molecular weight excluding hydrogens is 446 g/mol. The molecule has 0 unspecified atom stereocenters. The van der Waals surface area contributed by atoms with E-state index < -0.39 is 0 Å². The third kappa shape index (κ3) is 4.08. The van der Waals surface area contributed by atoms with Crippen LogP contribution in [0.25, 0.3) is 22.1 Å². The highest BCUT2D eigenvalue weighted by atomic mass is 16.5. The van der Waals surface area contributed by atoms with Gasteiger partial charge in [-0.15, -0.1) is 0 Å². The highest BCUT2D eigenvalue weighted by Gasteiger charge is 2.25. The van der Waals surface area contributed by atoms with Crippen LogP contribution >= 0.6 is 0 Å². The fourth-order valence-corrected chi connectivity index (χ4v) is 4.62. The zero-order valence-corrected chi connectivity index (χ0v) is 20.2. The first-order valence-corrected chi connectivity index (χ1v) is 11.3. The van der Waals surface area contributed by atoms with Crippen LogP contribution in [0, 0.1) is 6.92 Å². The minimum atomic E-state index is -0.0898. The lowest BCUT2D eigenvalue weighted by Crippen LogP contribution is -2.31. The molecule has 7 nitrogen and oxygen atoms in total. The molecule has 35 heavy (non-hydrogen) atoms. The van der Waals surface area contributed by atoms with Crippen LogP contribution in [0.5, 0.6) is 23.0 Å². The maximum absolute atomic E-state index is 13.6. The number of rotatable bonds is 6. The Hall–Kier alpha value is -3.97. The van der Waals surface area contributed by atoms with E-state index in [1.165, 1.54) is 0 Å². The Bertz CT molecular complexity index is 1460. The predicted molar refractivity (Wildman–Crippen MR) is 133 cm³/mol. The van der Waals surface area contributed by atoms with Gasteiger partial charge in [-0.1, -0.05) is 24.3 Å². The average molecular weight is 474 g/mol. The lowest BCUT2D eigenvalue weighted by Gasteiger charge is -2.29. The lowest BCUT2D eigenvalue weighted by molar-refractivity contribution is 0.0889. The van der Waals surface area contributed by atoms with Gasteiger partial charge in [0.2, 0.25) is 5.43 Å². The van der Waals surface area contributed by atoms with Crippen LogP contribution in [0.4, 0.5) is 0 Å². The highest BCUT2D eigenvalue weighted by Crippen LogP contribution is 2.36. The lowest BCUT2D eigenvalue weighted by atomic mass is 9.99. The number of aryl methyl sites for hydroxylation is 1. The zero-order chi connectivity index (χ0) is 24.5. The van der Waals surface area contributed by atoms with E-state index in [4.69, 9.17) is 23.4 Å². The van der Waals surface area contributed by atoms with Gasteiger partial charge in [0.1, 0.15) is 29.6 Å². The normalized spacial score (nSPS) is 13.3. The van der Waals surface area contributed by atoms with E-state index in [-0.39, 0.29) is 5.43 Å². The number of nitrogens with zero attached hydrogens (tertiary/aromatic N) is 1. The van der Waals surface area contributed by atoms with Gasteiger partial charge in [0, 0.05) is 18.7 Å². The van der Waals surface area contributed by atoms with Crippen molar-refractivity contribution in [3.05, 3.63) is 81.7 Å². The molecule has 0 spiro atoms. The van der Waals surface area contributed by atoms with Crippen LogP contribution in [-0.4, -0.2) is 33.0 Å². The maximum atomic E-state index is 13.6. The third-order valence-electron chi connectivity index (χ3n) is 6.31. The molecule has 0 radical (unpaired) electrons. The molecule has 2 heterocycles. The quantitative estimate of drug-likeness (QED) is 0.384. The number of ether oxygens (including phenoxy) is 4. The van der Waals surface area contributed by atoms with Crippen molar-refractivity contribution in [1.82, 2.24) is 4.90 Å². The van der Waals surface area contributed by atoms with Gasteiger partial charge < -0.3 is 23.4 Å². The molecule has 0 aliphatic carbocycles. The van der Waals surface area contributed by atoms with Crippen LogP contribution in [-0.2, 0) is 13.1 Å². The molecule has 0 saturated carbocycles. The topological polar surface area (TPSA) is 70.4 Å². The first-order chi connectivity index (χ1) is 17.0. The Kier molecular flexibility index (Phi) is 6.09. The summed E-state index contributed by atoms with van der Waals surface area (Å²) in [5.74, 6) is 3.26. The number of fused-ring (bicyclic) bond motifs is 3. The fraction of sp³-hybridized carbons (Fsp3) is 0.250. The summed E-state index contributed by atoms with van der Waals surface area (Å²) < 4.78 is 28.6. The molecule has 0 saturated heterocycles. The van der Waals surface area contributed by atoms with Crippen LogP contribution < -0.4 is 24.4 Å². The van der Waals surface area contributed by atoms with Crippen LogP contribution in [0.3, 0.4) is 0 Å². The van der Waals surface area contributed by atoms with Crippen LogP contribution in [0.1, 0.15) is 16.9 Å². The van der Waals surface area contributed by atoms with Crippen molar-refractivity contribution in [1.29, 1.82) is 0 Å². The van der Waals surface area contributed by atoms with Gasteiger partial charge in [0.15, 0.2) is 11.5 Å². The molecule has 1 aliphatic rings. The summed E-state index contributed by atoms with van der Waals surface area (Å²) in [6.45, 7) is 3.46. The number of hydrogen-bond donors (Lipinski definition) is 0. The summed E-state index contributed by atoms with van der Waals surface area (Å²) in [6, 6.07) is 17.0. The van der Waals surface area contributed by atoms with E-state index in [0.29, 0.717) is 64.9 Å². The van der Waals surface area contributed by atoms with E-state index in [9.17, 15) is 4.79 Å². The van der Waals surface area contributed by atoms with Gasteiger partial charge in [-0.05, 0) is 42.8 Å². The first-order valence-electron chi connectivity index (χ1n) is 11.3. The zero-order valence-electron chi connectivity index (χ0n) is 20.2. The second-order valence-electron chi connectivity index (χ2n) is 8.43. The second-order valence-corrected chi connectivity index (χ2v) is 8.43. The Balaban J connectivity index is 1.53. The van der Waals surface area contributed by atoms with E-state index in [0.717, 1.165) is 16.9 Å². The molecule has 7 heteroatoms. The van der Waals surface area contributed by atoms with Gasteiger partial charge in [0.25, 0.3) is 0 Å². The Morgan fingerprint density at radius 3 is 2.46 bits per heavy atom. The highest BCUT2D eigenvalue weighted by molar-refractivity contribution is 5.87. The van der Waals surface area contributed by atoms with Gasteiger partial charge in [-0.3, -0.25) is 9.69 Å². The first kappa shape index (κ1) is 22.8. The molecule has 0 fully saturated rings. The van der Waals surface area contributed by atoms with E-state index in [1.54, 1.807) is 27.4 Å². The molecule has 0 atom stereocenters. The predicted octanol–water partition coefficient (Wildman–Crippen LogP) is 5.15. The van der Waals surface area contributed by atoms with E-state index in [1.807, 2.05) is 55.5 Å². The van der Waals surface area contributed by atoms with Crippen LogP contribution in [0.2, 0.25) is 0 Å². The van der Waals surface area contributed by atoms with Gasteiger partial charge in [-0.25, -0.2) is 0 Å². The summed E-state index contributed by atoms with van der Waals surface area (Å²) in [6.07, 6.45) is 0. The van der Waals surface area contributed by atoms with Crippen molar-refractivity contribution in [2.24, 2.45) is 0 Å². The van der Waals surface area contributed by atoms with Crippen molar-refractivity contribution >= 4 is 11.0 Å². The van der Waals surface area contributed by atoms with Crippen molar-refractivity contribution in [3.8, 4) is 34.1 Å². The fourth-order valence-electron chi connectivity index (χ4n) is 4.62. The molecule has 0 N–H and O–H groups in total. The Morgan fingerprint density at radius 2 is 1.69 bits per heavy atom. The summed E-state index contributed by atoms with van der Waals surface area (Å²) >= 11 is 0. The molecule has 3 aromatic carbocycles. The van der Waals surface area contributed by atoms with Crippen molar-refractivity contribution in [3.63, 3.8) is 0 Å². The molecule has 0 amide bonds. The third-order valence-corrected chi connectivity index (χ3v) is 6.31. The summed E-state index contributed by atoms with van der Waals surface area (Å²) in [5.41, 5.74) is 3.61. The van der Waals surface area contributed by atoms with Crippen molar-refractivity contribution < 1.29 is 23.4 Å². The second kappa shape index (κ2) is 9.35. The molecule has 4 aromatic rings. The molecule has 1 aromatic heterocycles. The monoisotopic (exact) mass is 473 g/mol. The summed E-state index contributed by atoms with van der Waals surface area (Å²) in [7, 11) is 4.84. The molecule has 0 bridgehead atoms. The SMILES string of the molecule is COc1ccc(CN2COc3ccc4c(=O)c(-c5ccccc5OC)c(C)oc4c3C2)cc1OC. The minimum Gasteiger partial charge on any atom is -0.496 e. The summed E-state index contributed by atoms with van der Waals surface area (Å²) in [4.78, 5) is 15.8. The van der Waals surface area contributed by atoms with E-state index in [2.05, 4.69) is 4.90 Å². The van der Waals surface area contributed by atoms with Gasteiger partial charge >= 0.3 is 0 Å². The maximum Gasteiger partial charge on any atom is 0.200 e. The van der Waals surface area contributed by atoms with Crippen LogP contribution in [0.15, 0.2) is 63.8 Å². The molecule has 1 aliphatic heterocycles. The van der Waals surface area contributed by atoms with E-state index >= 15 is 0 Å². The van der Waals surface area contributed by atoms with Crippen molar-refractivity contribution in [2.75, 3.05) is 28.1 Å². The smallest absolute Gasteiger partial charge is 0.200 e. The minimum absolute atomic E-state index is 0.0898. The number of hydrogen-bond acceptors (Lipinski definition) is 7. The molecule has 180 valence electrons. The molecule has 5 rings (SSSR count).